The molecule has 4 atom stereocenters. The summed E-state index contributed by atoms with van der Waals surface area (Å²) in [4.78, 5) is 5.94. The summed E-state index contributed by atoms with van der Waals surface area (Å²) in [5, 5.41) is 0. The fraction of sp³-hybridized carbons (Fsp3) is 0.625. The Morgan fingerprint density at radius 1 is 1.17 bits per heavy atom. The third-order valence-corrected chi connectivity index (χ3v) is 9.24. The van der Waals surface area contributed by atoms with Gasteiger partial charge in [0, 0.05) is 11.3 Å². The summed E-state index contributed by atoms with van der Waals surface area (Å²) in [6, 6.07) is 8.24. The van der Waals surface area contributed by atoms with Gasteiger partial charge in [0.25, 0.3) is 10.0 Å². The van der Waals surface area contributed by atoms with E-state index in [9.17, 15) is 8.42 Å². The zero-order valence-corrected chi connectivity index (χ0v) is 15.5. The van der Waals surface area contributed by atoms with Crippen LogP contribution in [0.1, 0.15) is 33.6 Å². The monoisotopic (exact) mass is 375 g/mol. The molecular formula is C16H19Cl2NO3S. The fourth-order valence-corrected chi connectivity index (χ4v) is 7.92. The molecule has 0 radical (unpaired) electrons. The summed E-state index contributed by atoms with van der Waals surface area (Å²) in [5.74, 6) is -0.0145. The van der Waals surface area contributed by atoms with E-state index < -0.39 is 25.5 Å². The lowest BCUT2D eigenvalue weighted by atomic mass is 9.68. The van der Waals surface area contributed by atoms with E-state index in [0.29, 0.717) is 0 Å². The topological polar surface area (TPSA) is 49.7 Å². The van der Waals surface area contributed by atoms with Gasteiger partial charge < -0.3 is 0 Å². The van der Waals surface area contributed by atoms with Crippen LogP contribution >= 0.6 is 23.2 Å². The van der Waals surface area contributed by atoms with Crippen LogP contribution in [0, 0.1) is 16.7 Å². The standard InChI is InChI=1S/C16H19Cl2NO3S/c1-13(2)12-9-10-14(13,3)16(15(12,17)18)19(22-16)23(20,21)11-7-5-4-6-8-11/h4-8,12H,9-10H2,1-3H3/t12-,14+,16+,19?/m0/s1. The molecule has 1 spiro atoms. The normalized spacial score (nSPS) is 43.0. The molecule has 1 aromatic rings. The highest BCUT2D eigenvalue weighted by Crippen LogP contribution is 2.82. The van der Waals surface area contributed by atoms with E-state index in [-0.39, 0.29) is 16.2 Å². The predicted octanol–water partition coefficient (Wildman–Crippen LogP) is 3.95. The lowest BCUT2D eigenvalue weighted by molar-refractivity contribution is 0.0680. The highest BCUT2D eigenvalue weighted by atomic mass is 35.5. The summed E-state index contributed by atoms with van der Waals surface area (Å²) >= 11 is 13.4. The SMILES string of the molecule is CC1(C)[C@@H]2CC[C@@]1(C)[C@@]1(ON1S(=O)(=O)c1ccccc1)C2(Cl)Cl. The van der Waals surface area contributed by atoms with E-state index in [1.54, 1.807) is 30.3 Å². The predicted molar refractivity (Wildman–Crippen MR) is 88.3 cm³/mol. The molecule has 0 aromatic heterocycles. The summed E-state index contributed by atoms with van der Waals surface area (Å²) < 4.78 is 25.7. The fourth-order valence-electron chi connectivity index (χ4n) is 4.84. The summed E-state index contributed by atoms with van der Waals surface area (Å²) in [6.45, 7) is 6.25. The van der Waals surface area contributed by atoms with Gasteiger partial charge in [-0.3, -0.25) is 4.84 Å². The van der Waals surface area contributed by atoms with Gasteiger partial charge in [-0.05, 0) is 34.9 Å². The Labute approximate surface area is 146 Å². The van der Waals surface area contributed by atoms with Crippen molar-refractivity contribution in [2.24, 2.45) is 16.7 Å². The molecule has 1 unspecified atom stereocenters. The maximum absolute atomic E-state index is 13.0. The number of sulfonamides is 1. The van der Waals surface area contributed by atoms with Gasteiger partial charge in [-0.2, -0.15) is 0 Å². The molecule has 3 fully saturated rings. The van der Waals surface area contributed by atoms with Gasteiger partial charge >= 0.3 is 0 Å². The van der Waals surface area contributed by atoms with Crippen LogP contribution < -0.4 is 0 Å². The van der Waals surface area contributed by atoms with Gasteiger partial charge in [-0.1, -0.05) is 62.2 Å². The van der Waals surface area contributed by atoms with Crippen molar-refractivity contribution in [3.8, 4) is 0 Å². The molecular weight excluding hydrogens is 357 g/mol. The molecule has 0 N–H and O–H groups in total. The zero-order valence-electron chi connectivity index (χ0n) is 13.2. The average molecular weight is 376 g/mol. The third kappa shape index (κ3) is 1.54. The Balaban J connectivity index is 1.84. The summed E-state index contributed by atoms with van der Waals surface area (Å²) in [5.41, 5.74) is -1.84. The van der Waals surface area contributed by atoms with Crippen LogP contribution in [0.2, 0.25) is 0 Å². The Hall–Kier alpha value is -0.330. The minimum atomic E-state index is -3.80. The molecule has 1 heterocycles. The van der Waals surface area contributed by atoms with Crippen LogP contribution in [0.5, 0.6) is 0 Å². The molecule has 3 aliphatic rings. The zero-order chi connectivity index (χ0) is 16.9. The first-order valence-corrected chi connectivity index (χ1v) is 9.90. The van der Waals surface area contributed by atoms with Gasteiger partial charge in [0.15, 0.2) is 4.33 Å². The molecule has 1 aliphatic heterocycles. The third-order valence-electron chi connectivity index (χ3n) is 6.56. The number of hydroxylamine groups is 1. The molecule has 4 nitrogen and oxygen atoms in total. The number of benzene rings is 1. The van der Waals surface area contributed by atoms with E-state index >= 15 is 0 Å². The molecule has 7 heteroatoms. The minimum absolute atomic E-state index is 0.0145. The van der Waals surface area contributed by atoms with Crippen molar-refractivity contribution < 1.29 is 13.3 Å². The van der Waals surface area contributed by atoms with Crippen molar-refractivity contribution in [1.82, 2.24) is 4.47 Å². The second-order valence-electron chi connectivity index (χ2n) is 7.55. The number of hydrogen-bond acceptors (Lipinski definition) is 3. The number of nitrogens with zero attached hydrogens (tertiary/aromatic N) is 1. The highest BCUT2D eigenvalue weighted by molar-refractivity contribution is 7.89. The number of alkyl halides is 2. The van der Waals surface area contributed by atoms with Gasteiger partial charge in [0.05, 0.1) is 4.90 Å². The molecule has 1 saturated heterocycles. The molecule has 2 saturated carbocycles. The first-order valence-electron chi connectivity index (χ1n) is 7.71. The quantitative estimate of drug-likeness (QED) is 0.580. The van der Waals surface area contributed by atoms with Crippen LogP contribution in [0.3, 0.4) is 0 Å². The smallest absolute Gasteiger partial charge is 0.251 e. The van der Waals surface area contributed by atoms with E-state index in [1.807, 2.05) is 6.92 Å². The first kappa shape index (κ1) is 16.2. The summed E-state index contributed by atoms with van der Waals surface area (Å²) in [6.07, 6.45) is 1.72. The second-order valence-corrected chi connectivity index (χ2v) is 10.7. The van der Waals surface area contributed by atoms with Crippen molar-refractivity contribution in [2.75, 3.05) is 0 Å². The number of halogens is 2. The molecule has 4 rings (SSSR count). The Kier molecular flexibility index (Phi) is 2.99. The number of hydrogen-bond donors (Lipinski definition) is 0. The van der Waals surface area contributed by atoms with Crippen molar-refractivity contribution in [1.29, 1.82) is 0 Å². The van der Waals surface area contributed by atoms with Crippen molar-refractivity contribution >= 4 is 33.2 Å². The first-order chi connectivity index (χ1) is 10.5. The molecule has 0 amide bonds. The van der Waals surface area contributed by atoms with Crippen LogP contribution in [0.4, 0.5) is 0 Å². The largest absolute Gasteiger partial charge is 0.268 e. The van der Waals surface area contributed by atoms with Gasteiger partial charge in [-0.15, -0.1) is 0 Å². The maximum Gasteiger partial charge on any atom is 0.268 e. The van der Waals surface area contributed by atoms with Crippen LogP contribution in [0.25, 0.3) is 0 Å². The van der Waals surface area contributed by atoms with Gasteiger partial charge in [0.2, 0.25) is 5.72 Å². The number of fused-ring (bicyclic) bond motifs is 3. The van der Waals surface area contributed by atoms with E-state index in [1.165, 1.54) is 0 Å². The maximum atomic E-state index is 13.0. The van der Waals surface area contributed by atoms with Crippen LogP contribution in [-0.2, 0) is 14.9 Å². The van der Waals surface area contributed by atoms with E-state index in [0.717, 1.165) is 17.3 Å². The molecule has 126 valence electrons. The second kappa shape index (κ2) is 4.25. The average Bonchev–Trinajstić information content (AvgIpc) is 3.18. The lowest BCUT2D eigenvalue weighted by Gasteiger charge is -2.37. The molecule has 23 heavy (non-hydrogen) atoms. The van der Waals surface area contributed by atoms with Gasteiger partial charge in [-0.25, -0.2) is 8.42 Å². The van der Waals surface area contributed by atoms with Crippen LogP contribution in [0.15, 0.2) is 35.2 Å². The molecule has 2 bridgehead atoms. The van der Waals surface area contributed by atoms with Crippen molar-refractivity contribution in [2.45, 2.75) is 48.6 Å². The minimum Gasteiger partial charge on any atom is -0.251 e. The summed E-state index contributed by atoms with van der Waals surface area (Å²) in [7, 11) is -3.80. The van der Waals surface area contributed by atoms with Crippen LogP contribution in [-0.4, -0.2) is 22.9 Å². The Morgan fingerprint density at radius 3 is 2.30 bits per heavy atom. The molecule has 1 aromatic carbocycles. The number of rotatable bonds is 2. The van der Waals surface area contributed by atoms with E-state index in [4.69, 9.17) is 28.0 Å². The Bertz CT molecular complexity index is 780. The van der Waals surface area contributed by atoms with Crippen molar-refractivity contribution in [3.05, 3.63) is 30.3 Å². The highest BCUT2D eigenvalue weighted by Gasteiger charge is 2.92. The Morgan fingerprint density at radius 2 is 1.78 bits per heavy atom. The lowest BCUT2D eigenvalue weighted by Crippen LogP contribution is -2.50. The van der Waals surface area contributed by atoms with E-state index in [2.05, 4.69) is 13.8 Å². The van der Waals surface area contributed by atoms with Crippen molar-refractivity contribution in [3.63, 3.8) is 0 Å². The molecule has 2 aliphatic carbocycles. The van der Waals surface area contributed by atoms with Gasteiger partial charge in [0.1, 0.15) is 0 Å².